The summed E-state index contributed by atoms with van der Waals surface area (Å²) in [5.41, 5.74) is 7.25. The third-order valence-corrected chi connectivity index (χ3v) is 9.71. The van der Waals surface area contributed by atoms with Crippen molar-refractivity contribution >= 4 is 32.6 Å². The number of aromatic nitrogens is 3. The van der Waals surface area contributed by atoms with E-state index in [0.717, 1.165) is 31.2 Å². The van der Waals surface area contributed by atoms with Gasteiger partial charge >= 0.3 is 0 Å². The summed E-state index contributed by atoms with van der Waals surface area (Å²) in [6, 6.07) is 7.21. The molecule has 6 heterocycles. The second-order valence-corrected chi connectivity index (χ2v) is 12.5. The smallest absolute Gasteiger partial charge is 0.218 e. The summed E-state index contributed by atoms with van der Waals surface area (Å²) in [5.74, 6) is 0.201. The minimum absolute atomic E-state index is 0.0122. The quantitative estimate of drug-likeness (QED) is 0.358. The van der Waals surface area contributed by atoms with Crippen molar-refractivity contribution in [1.82, 2.24) is 30.1 Å². The van der Waals surface area contributed by atoms with Crippen LogP contribution in [0.2, 0.25) is 0 Å². The Labute approximate surface area is 221 Å². The number of hydrogen-bond donors (Lipinski definition) is 4. The van der Waals surface area contributed by atoms with Gasteiger partial charge in [0.05, 0.1) is 11.9 Å². The Morgan fingerprint density at radius 2 is 1.79 bits per heavy atom. The van der Waals surface area contributed by atoms with Crippen LogP contribution in [-0.4, -0.2) is 58.0 Å². The monoisotopic (exact) mass is 540 g/mol. The second-order valence-electron chi connectivity index (χ2n) is 10.6. The SMILES string of the molecule is CC1CC(Nc2nc(NC3C[C@H]4CCC[C@@H](C3)N4S(=O)(=O)Cc3ccncc3)c3cccnc3c2F)NN1. The Kier molecular flexibility index (Phi) is 6.89. The highest BCUT2D eigenvalue weighted by molar-refractivity contribution is 7.88. The fourth-order valence-electron chi connectivity index (χ4n) is 6.15. The third kappa shape index (κ3) is 5.05. The second kappa shape index (κ2) is 10.3. The number of nitrogens with zero attached hydrogens (tertiary/aromatic N) is 4. The standard InChI is InChI=1S/C26H33FN8O2S/c1-16-12-22(34-33-16)31-26-23(27)24-21(6-3-9-29-24)25(32-26)30-18-13-19-4-2-5-20(14-18)35(19)38(36,37)15-17-7-10-28-11-8-17/h3,6-11,16,18-20,22,33-34H,2,4-5,12-15H2,1H3,(H2,30,31,32)/t16?,18?,19-,20+,22?. The van der Waals surface area contributed by atoms with Crippen LogP contribution < -0.4 is 21.5 Å². The number of pyridine rings is 3. The zero-order valence-corrected chi connectivity index (χ0v) is 22.1. The maximum absolute atomic E-state index is 15.4. The molecule has 3 aromatic rings. The van der Waals surface area contributed by atoms with E-state index in [2.05, 4.69) is 36.4 Å². The van der Waals surface area contributed by atoms with Gasteiger partial charge in [0, 0.05) is 48.1 Å². The number of piperidine rings is 2. The Morgan fingerprint density at radius 1 is 1.03 bits per heavy atom. The van der Waals surface area contributed by atoms with E-state index < -0.39 is 15.8 Å². The molecule has 3 aromatic heterocycles. The fraction of sp³-hybridized carbons (Fsp3) is 0.500. The normalized spacial score (nSPS) is 27.9. The van der Waals surface area contributed by atoms with Crippen LogP contribution in [0.5, 0.6) is 0 Å². The fourth-order valence-corrected chi connectivity index (χ4v) is 8.21. The average Bonchev–Trinajstić information content (AvgIpc) is 3.31. The van der Waals surface area contributed by atoms with Crippen LogP contribution in [0.25, 0.3) is 10.9 Å². The predicted molar refractivity (Wildman–Crippen MR) is 144 cm³/mol. The zero-order valence-electron chi connectivity index (χ0n) is 21.3. The first-order chi connectivity index (χ1) is 18.4. The van der Waals surface area contributed by atoms with Gasteiger partial charge in [0.25, 0.3) is 0 Å². The molecule has 0 amide bonds. The van der Waals surface area contributed by atoms with Gasteiger partial charge in [0.15, 0.2) is 11.6 Å². The highest BCUT2D eigenvalue weighted by atomic mass is 32.2. The molecule has 0 radical (unpaired) electrons. The van der Waals surface area contributed by atoms with E-state index in [0.29, 0.717) is 24.0 Å². The minimum Gasteiger partial charge on any atom is -0.367 e. The molecular weight excluding hydrogens is 507 g/mol. The maximum Gasteiger partial charge on any atom is 0.218 e. The lowest BCUT2D eigenvalue weighted by atomic mass is 9.84. The van der Waals surface area contributed by atoms with Crippen LogP contribution in [0.4, 0.5) is 16.0 Å². The van der Waals surface area contributed by atoms with Crippen LogP contribution in [0.3, 0.4) is 0 Å². The summed E-state index contributed by atoms with van der Waals surface area (Å²) in [6.45, 7) is 2.05. The molecule has 6 rings (SSSR count). The first kappa shape index (κ1) is 25.4. The summed E-state index contributed by atoms with van der Waals surface area (Å²) in [5, 5.41) is 7.33. The first-order valence-corrected chi connectivity index (χ1v) is 14.9. The maximum atomic E-state index is 15.4. The summed E-state index contributed by atoms with van der Waals surface area (Å²) in [4.78, 5) is 13.0. The van der Waals surface area contributed by atoms with Crippen molar-refractivity contribution in [1.29, 1.82) is 0 Å². The number of hydrogen-bond acceptors (Lipinski definition) is 9. The van der Waals surface area contributed by atoms with Crippen LogP contribution >= 0.6 is 0 Å². The van der Waals surface area contributed by atoms with E-state index in [1.807, 2.05) is 13.0 Å². The summed E-state index contributed by atoms with van der Waals surface area (Å²) >= 11 is 0. The Balaban J connectivity index is 1.24. The van der Waals surface area contributed by atoms with E-state index >= 15 is 4.39 Å². The van der Waals surface area contributed by atoms with E-state index in [1.54, 1.807) is 41.1 Å². The van der Waals surface area contributed by atoms with Gasteiger partial charge in [0.1, 0.15) is 11.3 Å². The lowest BCUT2D eigenvalue weighted by Crippen LogP contribution is -2.57. The Bertz CT molecular complexity index is 1400. The van der Waals surface area contributed by atoms with Gasteiger partial charge in [-0.15, -0.1) is 0 Å². The van der Waals surface area contributed by atoms with Gasteiger partial charge in [-0.1, -0.05) is 6.42 Å². The van der Waals surface area contributed by atoms with Crippen molar-refractivity contribution in [3.05, 3.63) is 54.2 Å². The van der Waals surface area contributed by atoms with Crippen molar-refractivity contribution in [2.24, 2.45) is 0 Å². The molecule has 3 aliphatic heterocycles. The van der Waals surface area contributed by atoms with E-state index in [-0.39, 0.29) is 47.4 Å². The largest absolute Gasteiger partial charge is 0.367 e. The molecule has 4 N–H and O–H groups in total. The van der Waals surface area contributed by atoms with Crippen molar-refractivity contribution in [2.45, 2.75) is 81.5 Å². The van der Waals surface area contributed by atoms with Crippen LogP contribution in [0.1, 0.15) is 51.0 Å². The number of halogens is 1. The number of sulfonamides is 1. The Morgan fingerprint density at radius 3 is 2.50 bits per heavy atom. The highest BCUT2D eigenvalue weighted by Gasteiger charge is 2.44. The number of rotatable bonds is 7. The molecule has 5 atom stereocenters. The molecule has 0 aliphatic carbocycles. The lowest BCUT2D eigenvalue weighted by molar-refractivity contribution is 0.115. The molecular formula is C26H33FN8O2S. The van der Waals surface area contributed by atoms with Crippen molar-refractivity contribution in [3.63, 3.8) is 0 Å². The van der Waals surface area contributed by atoms with Crippen LogP contribution in [-0.2, 0) is 15.8 Å². The molecule has 0 saturated carbocycles. The molecule has 12 heteroatoms. The molecule has 0 aromatic carbocycles. The molecule has 0 spiro atoms. The van der Waals surface area contributed by atoms with E-state index in [9.17, 15) is 8.42 Å². The topological polar surface area (TPSA) is 124 Å². The first-order valence-electron chi connectivity index (χ1n) is 13.3. The molecule has 202 valence electrons. The zero-order chi connectivity index (χ0) is 26.3. The molecule has 2 bridgehead atoms. The van der Waals surface area contributed by atoms with Crippen molar-refractivity contribution in [3.8, 4) is 0 Å². The van der Waals surface area contributed by atoms with Crippen molar-refractivity contribution in [2.75, 3.05) is 10.6 Å². The molecule has 3 saturated heterocycles. The van der Waals surface area contributed by atoms with Crippen LogP contribution in [0, 0.1) is 5.82 Å². The van der Waals surface area contributed by atoms with Crippen LogP contribution in [0.15, 0.2) is 42.9 Å². The predicted octanol–water partition coefficient (Wildman–Crippen LogP) is 3.12. The molecule has 3 unspecified atom stereocenters. The molecule has 3 aliphatic rings. The van der Waals surface area contributed by atoms with Gasteiger partial charge < -0.3 is 10.6 Å². The minimum atomic E-state index is -3.48. The summed E-state index contributed by atoms with van der Waals surface area (Å²) < 4.78 is 44.1. The summed E-state index contributed by atoms with van der Waals surface area (Å²) in [6.07, 6.45) is 9.45. The van der Waals surface area contributed by atoms with Gasteiger partial charge in [-0.05, 0) is 68.9 Å². The van der Waals surface area contributed by atoms with Gasteiger partial charge in [-0.25, -0.2) is 23.2 Å². The van der Waals surface area contributed by atoms with Gasteiger partial charge in [-0.2, -0.15) is 4.31 Å². The third-order valence-electron chi connectivity index (χ3n) is 7.77. The lowest BCUT2D eigenvalue weighted by Gasteiger charge is -2.48. The van der Waals surface area contributed by atoms with Gasteiger partial charge in [0.2, 0.25) is 10.0 Å². The number of nitrogens with one attached hydrogen (secondary N) is 4. The van der Waals surface area contributed by atoms with Crippen molar-refractivity contribution < 1.29 is 12.8 Å². The van der Waals surface area contributed by atoms with E-state index in [4.69, 9.17) is 0 Å². The number of hydrazine groups is 1. The average molecular weight is 541 g/mol. The Hall–Kier alpha value is -2.93. The van der Waals surface area contributed by atoms with E-state index in [1.165, 1.54) is 0 Å². The number of anilines is 2. The van der Waals surface area contributed by atoms with Gasteiger partial charge in [-0.3, -0.25) is 15.4 Å². The summed E-state index contributed by atoms with van der Waals surface area (Å²) in [7, 11) is -3.48. The highest BCUT2D eigenvalue weighted by Crippen LogP contribution is 2.39. The molecule has 10 nitrogen and oxygen atoms in total. The number of fused-ring (bicyclic) bond motifs is 3. The molecule has 38 heavy (non-hydrogen) atoms. The molecule has 3 fully saturated rings.